The highest BCUT2D eigenvalue weighted by Gasteiger charge is 2.27. The molecule has 0 spiro atoms. The van der Waals surface area contributed by atoms with Gasteiger partial charge in [-0.1, -0.05) is 35.3 Å². The summed E-state index contributed by atoms with van der Waals surface area (Å²) in [5.74, 6) is 0. The number of hydrogen-bond donors (Lipinski definition) is 1. The highest BCUT2D eigenvalue weighted by atomic mass is 35.5. The van der Waals surface area contributed by atoms with E-state index in [2.05, 4.69) is 0 Å². The van der Waals surface area contributed by atoms with Gasteiger partial charge in [-0.3, -0.25) is 0 Å². The Balaban J connectivity index is 2.44. The van der Waals surface area contributed by atoms with Gasteiger partial charge in [0.2, 0.25) is 0 Å². The first-order valence-corrected chi connectivity index (χ1v) is 8.20. The van der Waals surface area contributed by atoms with Gasteiger partial charge in [0.25, 0.3) is 0 Å². The Bertz CT molecular complexity index is 682. The van der Waals surface area contributed by atoms with E-state index in [-0.39, 0.29) is 11.4 Å². The number of sulfone groups is 1. The van der Waals surface area contributed by atoms with Crippen molar-refractivity contribution in [1.29, 1.82) is 0 Å². The van der Waals surface area contributed by atoms with E-state index in [9.17, 15) is 8.42 Å². The van der Waals surface area contributed by atoms with E-state index in [0.717, 1.165) is 0 Å². The minimum atomic E-state index is -3.56. The molecule has 0 aliphatic rings. The van der Waals surface area contributed by atoms with Gasteiger partial charge < -0.3 is 5.73 Å². The summed E-state index contributed by atoms with van der Waals surface area (Å²) >= 11 is 11.6. The van der Waals surface area contributed by atoms with Crippen molar-refractivity contribution in [2.45, 2.75) is 10.1 Å². The van der Waals surface area contributed by atoms with Crippen LogP contribution in [0.5, 0.6) is 0 Å². The third-order valence-electron chi connectivity index (χ3n) is 2.97. The summed E-state index contributed by atoms with van der Waals surface area (Å²) in [7, 11) is -3.56. The van der Waals surface area contributed by atoms with Crippen molar-refractivity contribution < 1.29 is 8.42 Å². The van der Waals surface area contributed by atoms with Gasteiger partial charge in [0.15, 0.2) is 9.84 Å². The van der Waals surface area contributed by atoms with Crippen LogP contribution in [-0.4, -0.2) is 15.0 Å². The summed E-state index contributed by atoms with van der Waals surface area (Å²) in [5, 5.41) is 0.231. The molecule has 0 radical (unpaired) electrons. The zero-order chi connectivity index (χ0) is 14.8. The van der Waals surface area contributed by atoms with Gasteiger partial charge in [-0.25, -0.2) is 8.42 Å². The molecule has 0 aliphatic carbocycles. The van der Waals surface area contributed by atoms with Crippen LogP contribution in [0.4, 0.5) is 0 Å². The van der Waals surface area contributed by atoms with Crippen LogP contribution in [0, 0.1) is 0 Å². The van der Waals surface area contributed by atoms with Gasteiger partial charge in [0.05, 0.1) is 4.90 Å². The molecular weight excluding hydrogens is 317 g/mol. The number of benzene rings is 2. The lowest BCUT2D eigenvalue weighted by atomic mass is 10.1. The average Bonchev–Trinajstić information content (AvgIpc) is 2.42. The first-order valence-electron chi connectivity index (χ1n) is 5.90. The molecule has 0 bridgehead atoms. The Morgan fingerprint density at radius 2 is 1.35 bits per heavy atom. The zero-order valence-electron chi connectivity index (χ0n) is 10.5. The van der Waals surface area contributed by atoms with Gasteiger partial charge in [-0.05, 0) is 42.0 Å². The zero-order valence-corrected chi connectivity index (χ0v) is 12.8. The molecule has 6 heteroatoms. The fraction of sp³-hybridized carbons (Fsp3) is 0.143. The van der Waals surface area contributed by atoms with E-state index in [0.29, 0.717) is 15.6 Å². The van der Waals surface area contributed by atoms with Crippen molar-refractivity contribution in [2.75, 3.05) is 6.54 Å². The Hall–Kier alpha value is -1.07. The molecule has 1 atom stereocenters. The van der Waals surface area contributed by atoms with Crippen molar-refractivity contribution in [3.8, 4) is 0 Å². The third-order valence-corrected chi connectivity index (χ3v) is 5.62. The average molecular weight is 330 g/mol. The second-order valence-corrected chi connectivity index (χ2v) is 7.28. The Morgan fingerprint density at radius 3 is 1.80 bits per heavy atom. The van der Waals surface area contributed by atoms with Gasteiger partial charge in [-0.2, -0.15) is 0 Å². The predicted octanol–water partition coefficient (Wildman–Crippen LogP) is 3.47. The number of halogens is 2. The number of nitrogens with two attached hydrogens (primary N) is 1. The minimum absolute atomic E-state index is 0.00735. The largest absolute Gasteiger partial charge is 0.329 e. The molecule has 3 nitrogen and oxygen atoms in total. The van der Waals surface area contributed by atoms with E-state index in [4.69, 9.17) is 28.9 Å². The normalized spacial score (nSPS) is 13.2. The highest BCUT2D eigenvalue weighted by Crippen LogP contribution is 2.29. The van der Waals surface area contributed by atoms with Gasteiger partial charge >= 0.3 is 0 Å². The molecule has 0 fully saturated rings. The first-order chi connectivity index (χ1) is 9.45. The molecule has 0 aliphatic heterocycles. The van der Waals surface area contributed by atoms with Gasteiger partial charge in [0, 0.05) is 16.6 Å². The van der Waals surface area contributed by atoms with Crippen molar-refractivity contribution >= 4 is 33.0 Å². The quantitative estimate of drug-likeness (QED) is 0.934. The SMILES string of the molecule is NC[C@@H](c1ccc(Cl)cc1)S(=O)(=O)c1ccc(Cl)cc1. The monoisotopic (exact) mass is 329 g/mol. The Morgan fingerprint density at radius 1 is 0.900 bits per heavy atom. The summed E-state index contributed by atoms with van der Waals surface area (Å²) in [6, 6.07) is 12.7. The molecule has 0 saturated carbocycles. The maximum Gasteiger partial charge on any atom is 0.186 e. The standard InChI is InChI=1S/C14H13Cl2NO2S/c15-11-3-1-10(2-4-11)14(9-17)20(18,19)13-7-5-12(16)6-8-13/h1-8,14H,9,17H2/t14-/m0/s1. The summed E-state index contributed by atoms with van der Waals surface area (Å²) in [6.45, 7) is -0.00735. The van der Waals surface area contributed by atoms with E-state index in [1.807, 2.05) is 0 Å². The second-order valence-electron chi connectivity index (χ2n) is 4.27. The van der Waals surface area contributed by atoms with Gasteiger partial charge in [-0.15, -0.1) is 0 Å². The number of hydrogen-bond acceptors (Lipinski definition) is 3. The van der Waals surface area contributed by atoms with E-state index < -0.39 is 15.1 Å². The fourth-order valence-electron chi connectivity index (χ4n) is 1.91. The summed E-state index contributed by atoms with van der Waals surface area (Å²) < 4.78 is 25.2. The maximum atomic E-state index is 12.6. The van der Waals surface area contributed by atoms with Crippen molar-refractivity contribution in [3.05, 3.63) is 64.1 Å². The van der Waals surface area contributed by atoms with Crippen molar-refractivity contribution in [1.82, 2.24) is 0 Å². The summed E-state index contributed by atoms with van der Waals surface area (Å²) in [6.07, 6.45) is 0. The molecule has 106 valence electrons. The van der Waals surface area contributed by atoms with Crippen molar-refractivity contribution in [2.24, 2.45) is 5.73 Å². The smallest absolute Gasteiger partial charge is 0.186 e. The molecule has 0 aromatic heterocycles. The Kier molecular flexibility index (Phi) is 4.70. The van der Waals surface area contributed by atoms with Crippen LogP contribution in [0.3, 0.4) is 0 Å². The Labute approximate surface area is 128 Å². The molecule has 0 amide bonds. The minimum Gasteiger partial charge on any atom is -0.329 e. The molecule has 2 rings (SSSR count). The predicted molar refractivity (Wildman–Crippen MR) is 81.9 cm³/mol. The van der Waals surface area contributed by atoms with Gasteiger partial charge in [0.1, 0.15) is 5.25 Å². The van der Waals surface area contributed by atoms with Crippen LogP contribution in [0.15, 0.2) is 53.4 Å². The van der Waals surface area contributed by atoms with E-state index in [1.165, 1.54) is 12.1 Å². The highest BCUT2D eigenvalue weighted by molar-refractivity contribution is 7.91. The lowest BCUT2D eigenvalue weighted by Crippen LogP contribution is -2.22. The molecule has 2 N–H and O–H groups in total. The molecule has 2 aromatic rings. The molecule has 0 saturated heterocycles. The van der Waals surface area contributed by atoms with E-state index >= 15 is 0 Å². The topological polar surface area (TPSA) is 60.2 Å². The van der Waals surface area contributed by atoms with Crippen LogP contribution in [-0.2, 0) is 9.84 Å². The first kappa shape index (κ1) is 15.3. The molecule has 0 unspecified atom stereocenters. The van der Waals surface area contributed by atoms with E-state index in [1.54, 1.807) is 36.4 Å². The van der Waals surface area contributed by atoms with Crippen LogP contribution >= 0.6 is 23.2 Å². The van der Waals surface area contributed by atoms with Crippen LogP contribution in [0.1, 0.15) is 10.8 Å². The fourth-order valence-corrected chi connectivity index (χ4v) is 3.77. The van der Waals surface area contributed by atoms with Crippen LogP contribution < -0.4 is 5.73 Å². The van der Waals surface area contributed by atoms with Crippen molar-refractivity contribution in [3.63, 3.8) is 0 Å². The summed E-state index contributed by atoms with van der Waals surface area (Å²) in [5.41, 5.74) is 6.28. The van der Waals surface area contributed by atoms with Crippen LogP contribution in [0.25, 0.3) is 0 Å². The summed E-state index contributed by atoms with van der Waals surface area (Å²) in [4.78, 5) is 0.201. The third kappa shape index (κ3) is 3.15. The lowest BCUT2D eigenvalue weighted by Gasteiger charge is -2.16. The second kappa shape index (κ2) is 6.14. The maximum absolute atomic E-state index is 12.6. The number of rotatable bonds is 4. The molecule has 2 aromatic carbocycles. The molecule has 20 heavy (non-hydrogen) atoms. The molecule has 0 heterocycles. The molecular formula is C14H13Cl2NO2S. The van der Waals surface area contributed by atoms with Crippen LogP contribution in [0.2, 0.25) is 10.0 Å². The lowest BCUT2D eigenvalue weighted by molar-refractivity contribution is 0.582.